The Morgan fingerprint density at radius 2 is 2.19 bits per heavy atom. The normalized spacial score (nSPS) is 17.6. The number of nitrogens with one attached hydrogen (secondary N) is 2. The Morgan fingerprint density at radius 1 is 1.44 bits per heavy atom. The molecule has 2 heterocycles. The molecule has 0 aliphatic carbocycles. The summed E-state index contributed by atoms with van der Waals surface area (Å²) in [5.41, 5.74) is 0.852. The monoisotopic (exact) mass is 221 g/mol. The zero-order valence-electron chi connectivity index (χ0n) is 9.75. The second-order valence-corrected chi connectivity index (χ2v) is 4.56. The second kappa shape index (κ2) is 5.25. The molecule has 1 fully saturated rings. The highest BCUT2D eigenvalue weighted by Gasteiger charge is 2.13. The highest BCUT2D eigenvalue weighted by Crippen LogP contribution is 2.17. The number of aromatic nitrogens is 2. The van der Waals surface area contributed by atoms with Crippen molar-refractivity contribution < 1.29 is 0 Å². The zero-order valence-corrected chi connectivity index (χ0v) is 9.75. The molecule has 4 nitrogen and oxygen atoms in total. The molecule has 4 heteroatoms. The lowest BCUT2D eigenvalue weighted by Gasteiger charge is -2.22. The fraction of sp³-hybridized carbons (Fsp3) is 0.667. The first-order valence-corrected chi connectivity index (χ1v) is 6.01. The van der Waals surface area contributed by atoms with Crippen LogP contribution in [0.3, 0.4) is 0 Å². The number of hydrogen-bond acceptors (Lipinski definition) is 3. The van der Waals surface area contributed by atoms with Gasteiger partial charge in [0, 0.05) is 11.8 Å². The van der Waals surface area contributed by atoms with Crippen molar-refractivity contribution >= 4 is 0 Å². The number of nitrogens with zero attached hydrogens (tertiary/aromatic N) is 1. The zero-order chi connectivity index (χ0) is 11.4. The molecule has 16 heavy (non-hydrogen) atoms. The van der Waals surface area contributed by atoms with Gasteiger partial charge in [0.15, 0.2) is 0 Å². The van der Waals surface area contributed by atoms with E-state index >= 15 is 0 Å². The average molecular weight is 221 g/mol. The summed E-state index contributed by atoms with van der Waals surface area (Å²) < 4.78 is 0. The quantitative estimate of drug-likeness (QED) is 0.801. The predicted octanol–water partition coefficient (Wildman–Crippen LogP) is 1.01. The van der Waals surface area contributed by atoms with E-state index in [9.17, 15) is 4.79 Å². The number of H-pyrrole nitrogens is 1. The van der Waals surface area contributed by atoms with Crippen LogP contribution in [0.1, 0.15) is 30.7 Å². The third kappa shape index (κ3) is 2.92. The number of aromatic amines is 1. The first-order valence-electron chi connectivity index (χ1n) is 6.01. The number of hydrogen-bond donors (Lipinski definition) is 2. The summed E-state index contributed by atoms with van der Waals surface area (Å²) >= 11 is 0. The molecule has 1 aromatic rings. The van der Waals surface area contributed by atoms with E-state index in [4.69, 9.17) is 0 Å². The number of aryl methyl sites for hydroxylation is 2. The highest BCUT2D eigenvalue weighted by molar-refractivity contribution is 5.05. The fourth-order valence-corrected chi connectivity index (χ4v) is 2.22. The van der Waals surface area contributed by atoms with E-state index in [1.165, 1.54) is 12.8 Å². The molecule has 1 aliphatic heterocycles. The smallest absolute Gasteiger partial charge is 0.254 e. The highest BCUT2D eigenvalue weighted by atomic mass is 16.1. The van der Waals surface area contributed by atoms with Crippen molar-refractivity contribution in [2.75, 3.05) is 13.1 Å². The lowest BCUT2D eigenvalue weighted by molar-refractivity contribution is 0.354. The van der Waals surface area contributed by atoms with Crippen LogP contribution in [-0.2, 0) is 6.42 Å². The standard InChI is InChI=1S/C12H19N3O/c1-9-14-8-11(12(16)15-9)3-2-10-4-6-13-7-5-10/h8,10,13H,2-7H2,1H3,(H,14,15,16). The van der Waals surface area contributed by atoms with Gasteiger partial charge in [0.25, 0.3) is 5.56 Å². The Kier molecular flexibility index (Phi) is 3.72. The van der Waals surface area contributed by atoms with Crippen LogP contribution in [0.25, 0.3) is 0 Å². The summed E-state index contributed by atoms with van der Waals surface area (Å²) in [4.78, 5) is 18.5. The Hall–Kier alpha value is -1.16. The van der Waals surface area contributed by atoms with Gasteiger partial charge in [-0.2, -0.15) is 0 Å². The first kappa shape index (κ1) is 11.3. The molecule has 2 rings (SSSR count). The van der Waals surface area contributed by atoms with Crippen molar-refractivity contribution in [2.24, 2.45) is 5.92 Å². The summed E-state index contributed by atoms with van der Waals surface area (Å²) in [5.74, 6) is 1.46. The van der Waals surface area contributed by atoms with Crippen LogP contribution in [0.2, 0.25) is 0 Å². The fourth-order valence-electron chi connectivity index (χ4n) is 2.22. The van der Waals surface area contributed by atoms with E-state index in [1.54, 1.807) is 13.1 Å². The third-order valence-corrected chi connectivity index (χ3v) is 3.28. The molecule has 0 atom stereocenters. The van der Waals surface area contributed by atoms with Crippen LogP contribution in [-0.4, -0.2) is 23.1 Å². The number of rotatable bonds is 3. The average Bonchev–Trinajstić information content (AvgIpc) is 2.29. The maximum Gasteiger partial charge on any atom is 0.254 e. The van der Waals surface area contributed by atoms with Gasteiger partial charge >= 0.3 is 0 Å². The Balaban J connectivity index is 1.91. The van der Waals surface area contributed by atoms with Gasteiger partial charge in [-0.25, -0.2) is 4.98 Å². The first-order chi connectivity index (χ1) is 7.75. The summed E-state index contributed by atoms with van der Waals surface area (Å²) in [6, 6.07) is 0. The van der Waals surface area contributed by atoms with Gasteiger partial charge in [0.05, 0.1) is 0 Å². The van der Waals surface area contributed by atoms with Crippen LogP contribution in [0.5, 0.6) is 0 Å². The molecule has 0 spiro atoms. The lowest BCUT2D eigenvalue weighted by Crippen LogP contribution is -2.28. The molecule has 1 aromatic heterocycles. The van der Waals surface area contributed by atoms with Crippen molar-refractivity contribution in [3.63, 3.8) is 0 Å². The van der Waals surface area contributed by atoms with E-state index in [0.717, 1.165) is 37.4 Å². The van der Waals surface area contributed by atoms with Crippen LogP contribution < -0.4 is 10.9 Å². The molecule has 0 amide bonds. The molecule has 0 radical (unpaired) electrons. The van der Waals surface area contributed by atoms with Gasteiger partial charge in [-0.3, -0.25) is 4.79 Å². The molecular formula is C12H19N3O. The van der Waals surface area contributed by atoms with Crippen molar-refractivity contribution in [3.05, 3.63) is 27.9 Å². The predicted molar refractivity (Wildman–Crippen MR) is 63.5 cm³/mol. The van der Waals surface area contributed by atoms with Gasteiger partial charge < -0.3 is 10.3 Å². The van der Waals surface area contributed by atoms with Crippen LogP contribution in [0.15, 0.2) is 11.0 Å². The van der Waals surface area contributed by atoms with Crippen molar-refractivity contribution in [1.29, 1.82) is 0 Å². The second-order valence-electron chi connectivity index (χ2n) is 4.56. The van der Waals surface area contributed by atoms with Crippen molar-refractivity contribution in [1.82, 2.24) is 15.3 Å². The Bertz CT molecular complexity index is 393. The molecule has 1 saturated heterocycles. The van der Waals surface area contributed by atoms with Gasteiger partial charge in [0.2, 0.25) is 0 Å². The van der Waals surface area contributed by atoms with Crippen molar-refractivity contribution in [3.8, 4) is 0 Å². The van der Waals surface area contributed by atoms with E-state index in [-0.39, 0.29) is 5.56 Å². The molecule has 0 saturated carbocycles. The minimum Gasteiger partial charge on any atom is -0.317 e. The summed E-state index contributed by atoms with van der Waals surface area (Å²) in [7, 11) is 0. The van der Waals surface area contributed by atoms with E-state index < -0.39 is 0 Å². The molecule has 0 unspecified atom stereocenters. The minimum absolute atomic E-state index is 0.0291. The van der Waals surface area contributed by atoms with Crippen molar-refractivity contribution in [2.45, 2.75) is 32.6 Å². The molecule has 0 aromatic carbocycles. The topological polar surface area (TPSA) is 57.8 Å². The van der Waals surface area contributed by atoms with E-state index in [1.807, 2.05) is 0 Å². The molecular weight excluding hydrogens is 202 g/mol. The van der Waals surface area contributed by atoms with Gasteiger partial charge in [-0.1, -0.05) is 0 Å². The molecule has 1 aliphatic rings. The van der Waals surface area contributed by atoms with E-state index in [2.05, 4.69) is 15.3 Å². The van der Waals surface area contributed by atoms with Gasteiger partial charge in [-0.15, -0.1) is 0 Å². The van der Waals surface area contributed by atoms with E-state index in [0.29, 0.717) is 5.82 Å². The largest absolute Gasteiger partial charge is 0.317 e. The third-order valence-electron chi connectivity index (χ3n) is 3.28. The maximum atomic E-state index is 11.6. The maximum absolute atomic E-state index is 11.6. The Morgan fingerprint density at radius 3 is 2.88 bits per heavy atom. The molecule has 2 N–H and O–H groups in total. The van der Waals surface area contributed by atoms with Gasteiger partial charge in [-0.05, 0) is 51.6 Å². The number of piperidine rings is 1. The van der Waals surface area contributed by atoms with Crippen LogP contribution in [0, 0.1) is 12.8 Å². The summed E-state index contributed by atoms with van der Waals surface area (Å²) in [6.07, 6.45) is 6.15. The molecule has 0 bridgehead atoms. The SMILES string of the molecule is Cc1ncc(CCC2CCNCC2)c(=O)[nH]1. The summed E-state index contributed by atoms with van der Waals surface area (Å²) in [5, 5.41) is 3.35. The Labute approximate surface area is 95.5 Å². The van der Waals surface area contributed by atoms with Gasteiger partial charge in [0.1, 0.15) is 5.82 Å². The minimum atomic E-state index is 0.0291. The summed E-state index contributed by atoms with van der Waals surface area (Å²) in [6.45, 7) is 4.04. The van der Waals surface area contributed by atoms with Crippen LogP contribution in [0.4, 0.5) is 0 Å². The van der Waals surface area contributed by atoms with Crippen LogP contribution >= 0.6 is 0 Å². The molecule has 88 valence electrons. The lowest BCUT2D eigenvalue weighted by atomic mass is 9.92.